The van der Waals surface area contributed by atoms with Gasteiger partial charge in [-0.15, -0.1) is 0 Å². The van der Waals surface area contributed by atoms with E-state index in [-0.39, 0.29) is 5.63 Å². The average molecular weight is 329 g/mol. The van der Waals surface area contributed by atoms with Crippen molar-refractivity contribution in [2.24, 2.45) is 0 Å². The largest absolute Gasteiger partial charge is 0.423 e. The number of fused-ring (bicyclic) bond motifs is 1. The maximum absolute atomic E-state index is 11.3. The van der Waals surface area contributed by atoms with Crippen LogP contribution in [-0.4, -0.2) is 9.97 Å². The Morgan fingerprint density at radius 3 is 2.60 bits per heavy atom. The molecule has 2 aromatic heterocycles. The van der Waals surface area contributed by atoms with E-state index in [4.69, 9.17) is 4.42 Å². The van der Waals surface area contributed by atoms with Crippen LogP contribution in [0.5, 0.6) is 0 Å². The highest BCUT2D eigenvalue weighted by Gasteiger charge is 2.06. The Bertz CT molecular complexity index is 1100. The van der Waals surface area contributed by atoms with Gasteiger partial charge in [-0.25, -0.2) is 14.8 Å². The number of rotatable bonds is 3. The summed E-state index contributed by atoms with van der Waals surface area (Å²) in [6, 6.07) is 20.6. The Hall–Kier alpha value is -3.47. The monoisotopic (exact) mass is 329 g/mol. The third-order valence-corrected chi connectivity index (χ3v) is 3.80. The highest BCUT2D eigenvalue weighted by atomic mass is 16.4. The van der Waals surface area contributed by atoms with E-state index >= 15 is 0 Å². The molecule has 122 valence electrons. The maximum atomic E-state index is 11.3. The van der Waals surface area contributed by atoms with Gasteiger partial charge in [0.05, 0.1) is 5.69 Å². The van der Waals surface area contributed by atoms with Crippen molar-refractivity contribution in [2.75, 3.05) is 5.32 Å². The van der Waals surface area contributed by atoms with Crippen molar-refractivity contribution in [1.29, 1.82) is 0 Å². The minimum atomic E-state index is -0.359. The van der Waals surface area contributed by atoms with Crippen LogP contribution in [0.1, 0.15) is 5.69 Å². The molecule has 5 heteroatoms. The molecule has 0 unspecified atom stereocenters. The highest BCUT2D eigenvalue weighted by Crippen LogP contribution is 2.23. The number of aryl methyl sites for hydroxylation is 1. The summed E-state index contributed by atoms with van der Waals surface area (Å²) in [5, 5.41) is 4.05. The van der Waals surface area contributed by atoms with Crippen molar-refractivity contribution in [2.45, 2.75) is 6.92 Å². The smallest absolute Gasteiger partial charge is 0.336 e. The molecule has 0 bridgehead atoms. The molecule has 1 N–H and O–H groups in total. The molecular weight excluding hydrogens is 314 g/mol. The van der Waals surface area contributed by atoms with E-state index in [1.165, 1.54) is 6.07 Å². The predicted octanol–water partition coefficient (Wildman–Crippen LogP) is 4.30. The zero-order chi connectivity index (χ0) is 17.2. The molecule has 0 saturated carbocycles. The van der Waals surface area contributed by atoms with Crippen LogP contribution < -0.4 is 10.9 Å². The van der Waals surface area contributed by atoms with Gasteiger partial charge in [0.1, 0.15) is 5.58 Å². The lowest BCUT2D eigenvalue weighted by Crippen LogP contribution is -2.00. The minimum absolute atomic E-state index is 0.359. The summed E-state index contributed by atoms with van der Waals surface area (Å²) in [4.78, 5) is 20.3. The second-order valence-electron chi connectivity index (χ2n) is 5.72. The van der Waals surface area contributed by atoms with Gasteiger partial charge >= 0.3 is 5.63 Å². The third kappa shape index (κ3) is 3.26. The number of hydrogen-bond donors (Lipinski definition) is 1. The van der Waals surface area contributed by atoms with Crippen molar-refractivity contribution >= 4 is 22.6 Å². The van der Waals surface area contributed by atoms with E-state index in [1.807, 2.05) is 55.5 Å². The van der Waals surface area contributed by atoms with E-state index in [0.717, 1.165) is 28.0 Å². The van der Waals surface area contributed by atoms with Gasteiger partial charge in [-0.3, -0.25) is 0 Å². The third-order valence-electron chi connectivity index (χ3n) is 3.80. The Morgan fingerprint density at radius 2 is 1.76 bits per heavy atom. The number of nitrogens with zero attached hydrogens (tertiary/aromatic N) is 2. The molecule has 0 fully saturated rings. The second kappa shape index (κ2) is 6.20. The summed E-state index contributed by atoms with van der Waals surface area (Å²) in [6.45, 7) is 1.94. The van der Waals surface area contributed by atoms with Crippen molar-refractivity contribution < 1.29 is 4.42 Å². The van der Waals surface area contributed by atoms with E-state index in [0.29, 0.717) is 11.5 Å². The zero-order valence-electron chi connectivity index (χ0n) is 13.6. The van der Waals surface area contributed by atoms with Crippen LogP contribution in [0.2, 0.25) is 0 Å². The van der Waals surface area contributed by atoms with Gasteiger partial charge in [-0.2, -0.15) is 0 Å². The summed E-state index contributed by atoms with van der Waals surface area (Å²) in [7, 11) is 0. The van der Waals surface area contributed by atoms with E-state index in [9.17, 15) is 4.79 Å². The van der Waals surface area contributed by atoms with Crippen LogP contribution in [0.25, 0.3) is 22.2 Å². The summed E-state index contributed by atoms with van der Waals surface area (Å²) < 4.78 is 5.15. The molecule has 25 heavy (non-hydrogen) atoms. The van der Waals surface area contributed by atoms with E-state index < -0.39 is 0 Å². The minimum Gasteiger partial charge on any atom is -0.423 e. The van der Waals surface area contributed by atoms with Gasteiger partial charge in [0, 0.05) is 28.4 Å². The van der Waals surface area contributed by atoms with Crippen molar-refractivity contribution in [3.05, 3.63) is 82.8 Å². The highest BCUT2D eigenvalue weighted by molar-refractivity contribution is 5.81. The van der Waals surface area contributed by atoms with Gasteiger partial charge in [-0.1, -0.05) is 30.3 Å². The maximum Gasteiger partial charge on any atom is 0.336 e. The van der Waals surface area contributed by atoms with Gasteiger partial charge in [0.2, 0.25) is 5.95 Å². The standard InChI is InChI=1S/C20H15N3O2/c1-13-11-17(14-5-3-2-4-6-14)23-20(21-13)22-16-8-9-18-15(12-16)7-10-19(24)25-18/h2-12H,1H3,(H,21,22,23). The Labute approximate surface area is 144 Å². The Kier molecular flexibility index (Phi) is 3.74. The number of hydrogen-bond acceptors (Lipinski definition) is 5. The molecule has 0 spiro atoms. The van der Waals surface area contributed by atoms with Crippen LogP contribution in [0.3, 0.4) is 0 Å². The number of benzene rings is 2. The molecule has 0 saturated heterocycles. The lowest BCUT2D eigenvalue weighted by Gasteiger charge is -2.09. The summed E-state index contributed by atoms with van der Waals surface area (Å²) in [5.41, 5.74) is 3.80. The molecule has 2 aromatic carbocycles. The van der Waals surface area contributed by atoms with Gasteiger partial charge in [0.25, 0.3) is 0 Å². The molecule has 0 aliphatic heterocycles. The van der Waals surface area contributed by atoms with Crippen LogP contribution in [0, 0.1) is 6.92 Å². The Balaban J connectivity index is 1.70. The molecule has 5 nitrogen and oxygen atoms in total. The lowest BCUT2D eigenvalue weighted by atomic mass is 10.1. The van der Waals surface area contributed by atoms with Crippen LogP contribution >= 0.6 is 0 Å². The van der Waals surface area contributed by atoms with E-state index in [1.54, 1.807) is 12.1 Å². The molecule has 4 aromatic rings. The number of aromatic nitrogens is 2. The molecule has 0 amide bonds. The fraction of sp³-hybridized carbons (Fsp3) is 0.0500. The first-order chi connectivity index (χ1) is 12.2. The number of anilines is 2. The van der Waals surface area contributed by atoms with Gasteiger partial charge in [-0.05, 0) is 37.3 Å². The van der Waals surface area contributed by atoms with Gasteiger partial charge in [0.15, 0.2) is 0 Å². The Morgan fingerprint density at radius 1 is 0.920 bits per heavy atom. The summed E-state index contributed by atoms with van der Waals surface area (Å²) in [5.74, 6) is 0.524. The lowest BCUT2D eigenvalue weighted by molar-refractivity contribution is 0.561. The number of nitrogens with one attached hydrogen (secondary N) is 1. The van der Waals surface area contributed by atoms with Crippen LogP contribution in [-0.2, 0) is 0 Å². The molecule has 4 rings (SSSR count). The fourth-order valence-corrected chi connectivity index (χ4v) is 2.66. The molecule has 0 atom stereocenters. The quantitative estimate of drug-likeness (QED) is 0.568. The van der Waals surface area contributed by atoms with Crippen molar-refractivity contribution in [3.8, 4) is 11.3 Å². The zero-order valence-corrected chi connectivity index (χ0v) is 13.6. The summed E-state index contributed by atoms with van der Waals surface area (Å²) >= 11 is 0. The normalized spacial score (nSPS) is 10.8. The molecular formula is C20H15N3O2. The summed E-state index contributed by atoms with van der Waals surface area (Å²) in [6.07, 6.45) is 0. The van der Waals surface area contributed by atoms with Crippen molar-refractivity contribution in [1.82, 2.24) is 9.97 Å². The van der Waals surface area contributed by atoms with Gasteiger partial charge < -0.3 is 9.73 Å². The van der Waals surface area contributed by atoms with E-state index in [2.05, 4.69) is 15.3 Å². The van der Waals surface area contributed by atoms with Crippen molar-refractivity contribution in [3.63, 3.8) is 0 Å². The first-order valence-corrected chi connectivity index (χ1v) is 7.89. The molecule has 0 aliphatic rings. The first-order valence-electron chi connectivity index (χ1n) is 7.89. The van der Waals surface area contributed by atoms with Crippen LogP contribution in [0.4, 0.5) is 11.6 Å². The molecule has 0 radical (unpaired) electrons. The first kappa shape index (κ1) is 15.1. The molecule has 2 heterocycles. The topological polar surface area (TPSA) is 68.0 Å². The second-order valence-corrected chi connectivity index (χ2v) is 5.72. The fourth-order valence-electron chi connectivity index (χ4n) is 2.66. The molecule has 0 aliphatic carbocycles. The van der Waals surface area contributed by atoms with Crippen LogP contribution in [0.15, 0.2) is 75.9 Å². The average Bonchev–Trinajstić information content (AvgIpc) is 2.62. The SMILES string of the molecule is Cc1cc(-c2ccccc2)nc(Nc2ccc3oc(=O)ccc3c2)n1. The predicted molar refractivity (Wildman–Crippen MR) is 98.0 cm³/mol.